The van der Waals surface area contributed by atoms with Crippen LogP contribution in [0.1, 0.15) is 36.4 Å². The van der Waals surface area contributed by atoms with Crippen LogP contribution < -0.4 is 14.8 Å². The molecule has 0 saturated carbocycles. The van der Waals surface area contributed by atoms with Gasteiger partial charge in [0, 0.05) is 13.0 Å². The average molecular weight is 384 g/mol. The van der Waals surface area contributed by atoms with Gasteiger partial charge in [-0.25, -0.2) is 4.39 Å². The lowest BCUT2D eigenvalue weighted by Crippen LogP contribution is -2.36. The number of aryl methyl sites for hydroxylation is 1. The number of likely N-dealkylation sites (tertiary alicyclic amines) is 1. The van der Waals surface area contributed by atoms with Gasteiger partial charge in [0.2, 0.25) is 12.7 Å². The third kappa shape index (κ3) is 4.28. The zero-order valence-corrected chi connectivity index (χ0v) is 15.8. The molecule has 0 aromatic heterocycles. The summed E-state index contributed by atoms with van der Waals surface area (Å²) in [6, 6.07) is 12.7. The average Bonchev–Trinajstić information content (AvgIpc) is 3.39. The number of halogens is 1. The number of carbonyl (C=O) groups is 1. The Bertz CT molecular complexity index is 836. The first-order valence-electron chi connectivity index (χ1n) is 9.84. The predicted molar refractivity (Wildman–Crippen MR) is 104 cm³/mol. The first kappa shape index (κ1) is 18.7. The Morgan fingerprint density at radius 3 is 2.71 bits per heavy atom. The lowest BCUT2D eigenvalue weighted by atomic mass is 10.0. The van der Waals surface area contributed by atoms with Crippen LogP contribution in [0.25, 0.3) is 0 Å². The van der Waals surface area contributed by atoms with Crippen molar-refractivity contribution < 1.29 is 18.7 Å². The van der Waals surface area contributed by atoms with Gasteiger partial charge in [0.05, 0.1) is 6.04 Å². The Balaban J connectivity index is 1.39. The molecule has 1 amide bonds. The standard InChI is InChI=1S/C22H25FN2O3/c23-18-6-2-1-5-16(18)8-10-22(26)24-14-19(25-11-3-4-12-25)17-7-9-20-21(13-17)28-15-27-20/h1-2,5-7,9,13,19H,3-4,8,10-12,14-15H2,(H,24,26). The molecule has 1 atom stereocenters. The summed E-state index contributed by atoms with van der Waals surface area (Å²) in [6.07, 6.45) is 3.01. The summed E-state index contributed by atoms with van der Waals surface area (Å²) < 4.78 is 24.6. The third-order valence-electron chi connectivity index (χ3n) is 5.43. The molecule has 0 bridgehead atoms. The molecular formula is C22H25FN2O3. The van der Waals surface area contributed by atoms with Gasteiger partial charge >= 0.3 is 0 Å². The second kappa shape index (κ2) is 8.61. The van der Waals surface area contributed by atoms with Gasteiger partial charge in [-0.15, -0.1) is 0 Å². The monoisotopic (exact) mass is 384 g/mol. The number of benzene rings is 2. The van der Waals surface area contributed by atoms with Crippen LogP contribution in [0.4, 0.5) is 4.39 Å². The number of fused-ring (bicyclic) bond motifs is 1. The number of ether oxygens (including phenoxy) is 2. The van der Waals surface area contributed by atoms with Crippen molar-refractivity contribution in [3.05, 3.63) is 59.4 Å². The lowest BCUT2D eigenvalue weighted by molar-refractivity contribution is -0.121. The SMILES string of the molecule is O=C(CCc1ccccc1F)NCC(c1ccc2c(c1)OCO2)N1CCCC1. The normalized spacial score (nSPS) is 16.9. The maximum absolute atomic E-state index is 13.7. The van der Waals surface area contributed by atoms with Crippen LogP contribution in [-0.4, -0.2) is 37.2 Å². The van der Waals surface area contributed by atoms with Crippen molar-refractivity contribution >= 4 is 5.91 Å². The maximum atomic E-state index is 13.7. The maximum Gasteiger partial charge on any atom is 0.231 e. The summed E-state index contributed by atoms with van der Waals surface area (Å²) in [6.45, 7) is 2.81. The summed E-state index contributed by atoms with van der Waals surface area (Å²) in [4.78, 5) is 14.8. The number of carbonyl (C=O) groups excluding carboxylic acids is 1. The van der Waals surface area contributed by atoms with Gasteiger partial charge in [-0.2, -0.15) is 0 Å². The van der Waals surface area contributed by atoms with Crippen molar-refractivity contribution in [1.29, 1.82) is 0 Å². The highest BCUT2D eigenvalue weighted by atomic mass is 19.1. The minimum absolute atomic E-state index is 0.0619. The second-order valence-corrected chi connectivity index (χ2v) is 7.27. The summed E-state index contributed by atoms with van der Waals surface area (Å²) in [5.41, 5.74) is 1.69. The minimum Gasteiger partial charge on any atom is -0.454 e. The minimum atomic E-state index is -0.259. The van der Waals surface area contributed by atoms with Crippen molar-refractivity contribution in [1.82, 2.24) is 10.2 Å². The molecule has 28 heavy (non-hydrogen) atoms. The molecule has 4 rings (SSSR count). The van der Waals surface area contributed by atoms with E-state index >= 15 is 0 Å². The molecule has 148 valence electrons. The Hall–Kier alpha value is -2.60. The largest absolute Gasteiger partial charge is 0.454 e. The Kier molecular flexibility index (Phi) is 5.76. The highest BCUT2D eigenvalue weighted by Crippen LogP contribution is 2.36. The predicted octanol–water partition coefficient (Wildman–Crippen LogP) is 3.44. The molecule has 0 spiro atoms. The fraction of sp³-hybridized carbons (Fsp3) is 0.409. The van der Waals surface area contributed by atoms with E-state index in [1.54, 1.807) is 18.2 Å². The van der Waals surface area contributed by atoms with Gasteiger partial charge in [-0.3, -0.25) is 9.69 Å². The van der Waals surface area contributed by atoms with Gasteiger partial charge < -0.3 is 14.8 Å². The molecule has 2 aliphatic rings. The molecule has 2 aromatic rings. The number of nitrogens with one attached hydrogen (secondary N) is 1. The smallest absolute Gasteiger partial charge is 0.231 e. The van der Waals surface area contributed by atoms with Crippen LogP contribution in [0, 0.1) is 5.82 Å². The summed E-state index contributed by atoms with van der Waals surface area (Å²) in [5.74, 6) is 1.20. The van der Waals surface area contributed by atoms with Crippen molar-refractivity contribution in [2.24, 2.45) is 0 Å². The zero-order chi connectivity index (χ0) is 19.3. The van der Waals surface area contributed by atoms with Gasteiger partial charge in [0.1, 0.15) is 5.82 Å². The van der Waals surface area contributed by atoms with Crippen molar-refractivity contribution in [3.63, 3.8) is 0 Å². The van der Waals surface area contributed by atoms with Crippen molar-refractivity contribution in [2.45, 2.75) is 31.7 Å². The Morgan fingerprint density at radius 1 is 1.11 bits per heavy atom. The zero-order valence-electron chi connectivity index (χ0n) is 15.8. The van der Waals surface area contributed by atoms with Crippen molar-refractivity contribution in [2.75, 3.05) is 26.4 Å². The van der Waals surface area contributed by atoms with E-state index < -0.39 is 0 Å². The van der Waals surface area contributed by atoms with E-state index in [4.69, 9.17) is 9.47 Å². The fourth-order valence-corrected chi connectivity index (χ4v) is 3.88. The van der Waals surface area contributed by atoms with Gasteiger partial charge in [0.15, 0.2) is 11.5 Å². The van der Waals surface area contributed by atoms with E-state index in [2.05, 4.69) is 10.2 Å². The summed E-state index contributed by atoms with van der Waals surface area (Å²) in [5, 5.41) is 3.04. The summed E-state index contributed by atoms with van der Waals surface area (Å²) in [7, 11) is 0. The fourth-order valence-electron chi connectivity index (χ4n) is 3.88. The molecule has 1 N–H and O–H groups in total. The molecule has 2 aromatic carbocycles. The number of rotatable bonds is 7. The highest BCUT2D eigenvalue weighted by molar-refractivity contribution is 5.76. The lowest BCUT2D eigenvalue weighted by Gasteiger charge is -2.28. The molecule has 0 radical (unpaired) electrons. The second-order valence-electron chi connectivity index (χ2n) is 7.27. The number of hydrogen-bond acceptors (Lipinski definition) is 4. The molecule has 6 heteroatoms. The Labute approximate surface area is 164 Å². The molecule has 2 heterocycles. The number of nitrogens with zero attached hydrogens (tertiary/aromatic N) is 1. The van der Waals surface area contributed by atoms with E-state index in [9.17, 15) is 9.18 Å². The van der Waals surface area contributed by atoms with Crippen LogP contribution in [0.3, 0.4) is 0 Å². The number of hydrogen-bond donors (Lipinski definition) is 1. The molecule has 0 aliphatic carbocycles. The summed E-state index contributed by atoms with van der Waals surface area (Å²) >= 11 is 0. The van der Waals surface area contributed by atoms with Gasteiger partial charge in [-0.1, -0.05) is 24.3 Å². The van der Waals surface area contributed by atoms with Crippen molar-refractivity contribution in [3.8, 4) is 11.5 Å². The van der Waals surface area contributed by atoms with E-state index in [0.29, 0.717) is 18.5 Å². The Morgan fingerprint density at radius 2 is 1.89 bits per heavy atom. The molecule has 1 saturated heterocycles. The first-order valence-corrected chi connectivity index (χ1v) is 9.84. The molecular weight excluding hydrogens is 359 g/mol. The van der Waals surface area contributed by atoms with Gasteiger partial charge in [0.25, 0.3) is 0 Å². The van der Waals surface area contributed by atoms with E-state index in [1.807, 2.05) is 18.2 Å². The molecule has 1 fully saturated rings. The van der Waals surface area contributed by atoms with Crippen LogP contribution in [0.5, 0.6) is 11.5 Å². The molecule has 2 aliphatic heterocycles. The van der Waals surface area contributed by atoms with Crippen LogP contribution in [-0.2, 0) is 11.2 Å². The quantitative estimate of drug-likeness (QED) is 0.795. The van der Waals surface area contributed by atoms with Crippen LogP contribution in [0.2, 0.25) is 0 Å². The van der Waals surface area contributed by atoms with Gasteiger partial charge in [-0.05, 0) is 61.7 Å². The highest BCUT2D eigenvalue weighted by Gasteiger charge is 2.26. The van der Waals surface area contributed by atoms with Crippen LogP contribution >= 0.6 is 0 Å². The van der Waals surface area contributed by atoms with E-state index in [1.165, 1.54) is 18.9 Å². The topological polar surface area (TPSA) is 50.8 Å². The van der Waals surface area contributed by atoms with E-state index in [-0.39, 0.29) is 31.0 Å². The first-order chi connectivity index (χ1) is 13.7. The number of amides is 1. The van der Waals surface area contributed by atoms with E-state index in [0.717, 1.165) is 30.2 Å². The molecule has 5 nitrogen and oxygen atoms in total. The molecule has 1 unspecified atom stereocenters. The van der Waals surface area contributed by atoms with Crippen LogP contribution in [0.15, 0.2) is 42.5 Å². The third-order valence-corrected chi connectivity index (χ3v) is 5.43.